The molecule has 0 N–H and O–H groups in total. The summed E-state index contributed by atoms with van der Waals surface area (Å²) in [6, 6.07) is 17.9. The quantitative estimate of drug-likeness (QED) is 0.656. The van der Waals surface area contributed by atoms with Gasteiger partial charge in [-0.15, -0.1) is 0 Å². The van der Waals surface area contributed by atoms with Crippen LogP contribution in [0.2, 0.25) is 0 Å². The summed E-state index contributed by atoms with van der Waals surface area (Å²) < 4.78 is 0. The number of rotatable bonds is 5. The Balaban J connectivity index is 1.60. The third-order valence-electron chi connectivity index (χ3n) is 5.76. The van der Waals surface area contributed by atoms with Crippen LogP contribution in [0.4, 0.5) is 0 Å². The van der Waals surface area contributed by atoms with E-state index in [1.54, 1.807) is 19.0 Å². The summed E-state index contributed by atoms with van der Waals surface area (Å²) in [5.41, 5.74) is 5.13. The van der Waals surface area contributed by atoms with Gasteiger partial charge in [-0.2, -0.15) is 0 Å². The first-order valence-electron chi connectivity index (χ1n) is 10.1. The lowest BCUT2D eigenvalue weighted by molar-refractivity contribution is 0.0753. The SMILES string of the molecule is CCN(Cc1ccc(C(=O)N(C)C)cc1)C(=O)c1ccc2c3c(cccc13)CC2. The molecule has 0 unspecified atom stereocenters. The van der Waals surface area contributed by atoms with Gasteiger partial charge in [-0.3, -0.25) is 9.59 Å². The van der Waals surface area contributed by atoms with Gasteiger partial charge in [0.25, 0.3) is 11.8 Å². The van der Waals surface area contributed by atoms with E-state index in [-0.39, 0.29) is 11.8 Å². The van der Waals surface area contributed by atoms with Crippen LogP contribution < -0.4 is 0 Å². The number of carbonyl (C=O) groups excluding carboxylic acids is 2. The topological polar surface area (TPSA) is 40.6 Å². The molecule has 4 heteroatoms. The highest BCUT2D eigenvalue weighted by molar-refractivity contribution is 6.09. The Morgan fingerprint density at radius 3 is 2.21 bits per heavy atom. The van der Waals surface area contributed by atoms with E-state index in [0.717, 1.165) is 29.4 Å². The zero-order valence-electron chi connectivity index (χ0n) is 17.2. The molecule has 148 valence electrons. The van der Waals surface area contributed by atoms with Crippen molar-refractivity contribution in [3.05, 3.63) is 82.4 Å². The molecule has 4 rings (SSSR count). The van der Waals surface area contributed by atoms with Gasteiger partial charge in [0.05, 0.1) is 0 Å². The van der Waals surface area contributed by atoms with Crippen molar-refractivity contribution < 1.29 is 9.59 Å². The Morgan fingerprint density at radius 2 is 1.55 bits per heavy atom. The van der Waals surface area contributed by atoms with Gasteiger partial charge in [-0.25, -0.2) is 0 Å². The van der Waals surface area contributed by atoms with Crippen molar-refractivity contribution in [2.24, 2.45) is 0 Å². The molecule has 2 amide bonds. The van der Waals surface area contributed by atoms with Crippen LogP contribution >= 0.6 is 0 Å². The number of amides is 2. The maximum Gasteiger partial charge on any atom is 0.254 e. The Kier molecular flexibility index (Phi) is 5.10. The van der Waals surface area contributed by atoms with Gasteiger partial charge in [-0.05, 0) is 65.4 Å². The number of carbonyl (C=O) groups is 2. The lowest BCUT2D eigenvalue weighted by atomic mass is 9.99. The van der Waals surface area contributed by atoms with Gasteiger partial charge in [0.1, 0.15) is 0 Å². The highest BCUT2D eigenvalue weighted by atomic mass is 16.2. The number of nitrogens with zero attached hydrogens (tertiary/aromatic N) is 2. The fourth-order valence-corrected chi connectivity index (χ4v) is 4.16. The molecule has 3 aromatic carbocycles. The van der Waals surface area contributed by atoms with E-state index in [0.29, 0.717) is 18.7 Å². The van der Waals surface area contributed by atoms with Crippen LogP contribution in [-0.2, 0) is 19.4 Å². The molecule has 0 heterocycles. The molecule has 0 saturated heterocycles. The van der Waals surface area contributed by atoms with Crippen LogP contribution in [0.5, 0.6) is 0 Å². The average Bonchev–Trinajstić information content (AvgIpc) is 3.16. The molecule has 4 nitrogen and oxygen atoms in total. The van der Waals surface area contributed by atoms with Crippen molar-refractivity contribution in [3.8, 4) is 0 Å². The van der Waals surface area contributed by atoms with E-state index in [9.17, 15) is 9.59 Å². The van der Waals surface area contributed by atoms with Crippen molar-refractivity contribution in [1.82, 2.24) is 9.80 Å². The minimum Gasteiger partial charge on any atom is -0.345 e. The summed E-state index contributed by atoms with van der Waals surface area (Å²) in [4.78, 5) is 28.9. The zero-order valence-corrected chi connectivity index (χ0v) is 17.2. The fourth-order valence-electron chi connectivity index (χ4n) is 4.16. The Labute approximate surface area is 171 Å². The molecule has 0 aliphatic heterocycles. The Bertz CT molecular complexity index is 1070. The molecule has 29 heavy (non-hydrogen) atoms. The molecular weight excluding hydrogens is 360 g/mol. The number of aryl methyl sites for hydroxylation is 2. The number of hydrogen-bond acceptors (Lipinski definition) is 2. The summed E-state index contributed by atoms with van der Waals surface area (Å²) in [6.07, 6.45) is 2.11. The van der Waals surface area contributed by atoms with E-state index >= 15 is 0 Å². The van der Waals surface area contributed by atoms with Crippen LogP contribution in [0, 0.1) is 0 Å². The molecular formula is C25H26N2O2. The second-order valence-corrected chi connectivity index (χ2v) is 7.83. The lowest BCUT2D eigenvalue weighted by Crippen LogP contribution is -2.30. The van der Waals surface area contributed by atoms with Crippen molar-refractivity contribution in [1.29, 1.82) is 0 Å². The summed E-state index contributed by atoms with van der Waals surface area (Å²) in [5.74, 6) is 0.0319. The van der Waals surface area contributed by atoms with Gasteiger partial charge in [-0.1, -0.05) is 36.4 Å². The molecule has 0 saturated carbocycles. The van der Waals surface area contributed by atoms with E-state index in [2.05, 4.69) is 24.3 Å². The maximum absolute atomic E-state index is 13.4. The van der Waals surface area contributed by atoms with Crippen molar-refractivity contribution >= 4 is 22.6 Å². The van der Waals surface area contributed by atoms with E-state index < -0.39 is 0 Å². The first-order valence-corrected chi connectivity index (χ1v) is 10.1. The highest BCUT2D eigenvalue weighted by Gasteiger charge is 2.21. The van der Waals surface area contributed by atoms with Crippen molar-refractivity contribution in [2.45, 2.75) is 26.3 Å². The van der Waals surface area contributed by atoms with E-state index in [1.807, 2.05) is 42.2 Å². The minimum atomic E-state index is -0.0205. The van der Waals surface area contributed by atoms with Gasteiger partial charge in [0.15, 0.2) is 0 Å². The van der Waals surface area contributed by atoms with E-state index in [1.165, 1.54) is 16.5 Å². The zero-order chi connectivity index (χ0) is 20.5. The second-order valence-electron chi connectivity index (χ2n) is 7.83. The normalized spacial score (nSPS) is 12.2. The molecule has 0 aromatic heterocycles. The Morgan fingerprint density at radius 1 is 0.862 bits per heavy atom. The average molecular weight is 386 g/mol. The molecule has 1 aliphatic rings. The monoisotopic (exact) mass is 386 g/mol. The molecule has 0 fully saturated rings. The minimum absolute atomic E-state index is 0.0205. The number of hydrogen-bond donors (Lipinski definition) is 0. The summed E-state index contributed by atoms with van der Waals surface area (Å²) >= 11 is 0. The molecule has 3 aromatic rings. The Hall–Kier alpha value is -3.14. The molecule has 1 aliphatic carbocycles. The first kappa shape index (κ1) is 19.2. The van der Waals surface area contributed by atoms with Crippen LogP contribution in [0.1, 0.15) is 44.3 Å². The largest absolute Gasteiger partial charge is 0.345 e. The van der Waals surface area contributed by atoms with Crippen LogP contribution in [-0.4, -0.2) is 42.3 Å². The molecule has 0 spiro atoms. The smallest absolute Gasteiger partial charge is 0.254 e. The maximum atomic E-state index is 13.4. The number of benzene rings is 3. The van der Waals surface area contributed by atoms with Crippen LogP contribution in [0.15, 0.2) is 54.6 Å². The van der Waals surface area contributed by atoms with Gasteiger partial charge < -0.3 is 9.80 Å². The van der Waals surface area contributed by atoms with E-state index in [4.69, 9.17) is 0 Å². The lowest BCUT2D eigenvalue weighted by Gasteiger charge is -2.22. The summed E-state index contributed by atoms with van der Waals surface area (Å²) in [6.45, 7) is 3.15. The molecule has 0 bridgehead atoms. The van der Waals surface area contributed by atoms with Gasteiger partial charge >= 0.3 is 0 Å². The van der Waals surface area contributed by atoms with Gasteiger partial charge in [0.2, 0.25) is 0 Å². The van der Waals surface area contributed by atoms with Crippen LogP contribution in [0.25, 0.3) is 10.8 Å². The predicted molar refractivity (Wildman–Crippen MR) is 116 cm³/mol. The predicted octanol–water partition coefficient (Wildman–Crippen LogP) is 4.30. The first-order chi connectivity index (χ1) is 14.0. The third kappa shape index (κ3) is 3.51. The fraction of sp³-hybridized carbons (Fsp3) is 0.280. The van der Waals surface area contributed by atoms with Gasteiger partial charge in [0, 0.05) is 38.3 Å². The third-order valence-corrected chi connectivity index (χ3v) is 5.76. The van der Waals surface area contributed by atoms with Crippen molar-refractivity contribution in [2.75, 3.05) is 20.6 Å². The molecule has 0 atom stereocenters. The summed E-state index contributed by atoms with van der Waals surface area (Å²) in [7, 11) is 3.48. The van der Waals surface area contributed by atoms with Crippen LogP contribution in [0.3, 0.4) is 0 Å². The molecule has 0 radical (unpaired) electrons. The standard InChI is InChI=1S/C25H26N2O2/c1-4-27(16-17-8-10-20(11-9-17)24(28)26(2)3)25(29)22-15-14-19-13-12-18-6-5-7-21(22)23(18)19/h5-11,14-15H,4,12-13,16H2,1-3H3. The summed E-state index contributed by atoms with van der Waals surface area (Å²) in [5, 5.41) is 2.33. The highest BCUT2D eigenvalue weighted by Crippen LogP contribution is 2.33. The second kappa shape index (κ2) is 7.70. The van der Waals surface area contributed by atoms with Crippen molar-refractivity contribution in [3.63, 3.8) is 0 Å².